The zero-order chi connectivity index (χ0) is 17.3. The molecule has 1 atom stereocenters. The lowest BCUT2D eigenvalue weighted by Crippen LogP contribution is -2.31. The van der Waals surface area contributed by atoms with Crippen LogP contribution in [0.3, 0.4) is 0 Å². The predicted octanol–water partition coefficient (Wildman–Crippen LogP) is 0.875. The summed E-state index contributed by atoms with van der Waals surface area (Å²) in [6.07, 6.45) is 0.668. The number of imide groups is 1. The molecule has 2 aliphatic heterocycles. The number of carboxylic acids is 1. The van der Waals surface area contributed by atoms with Crippen LogP contribution >= 0.6 is 0 Å². The SMILES string of the molecule is O=C(O)CCN1C(=O)c2ccc(NC(=O)C3CCCO3)cc2C1=O. The van der Waals surface area contributed by atoms with E-state index in [1.807, 2.05) is 0 Å². The van der Waals surface area contributed by atoms with Gasteiger partial charge in [-0.05, 0) is 31.0 Å². The van der Waals surface area contributed by atoms with Crippen molar-refractivity contribution < 1.29 is 29.0 Å². The molecule has 126 valence electrons. The molecule has 0 spiro atoms. The van der Waals surface area contributed by atoms with Crippen molar-refractivity contribution in [1.82, 2.24) is 4.90 Å². The van der Waals surface area contributed by atoms with Crippen molar-refractivity contribution in [2.45, 2.75) is 25.4 Å². The number of carboxylic acid groups (broad SMARTS) is 1. The smallest absolute Gasteiger partial charge is 0.305 e. The number of amides is 3. The maximum absolute atomic E-state index is 12.3. The molecule has 1 aromatic carbocycles. The normalized spacial score (nSPS) is 19.5. The average Bonchev–Trinajstić information content (AvgIpc) is 3.15. The molecule has 0 aliphatic carbocycles. The highest BCUT2D eigenvalue weighted by Gasteiger charge is 2.36. The van der Waals surface area contributed by atoms with E-state index in [2.05, 4.69) is 5.32 Å². The van der Waals surface area contributed by atoms with Crippen molar-refractivity contribution in [1.29, 1.82) is 0 Å². The van der Waals surface area contributed by atoms with Gasteiger partial charge in [-0.3, -0.25) is 24.1 Å². The van der Waals surface area contributed by atoms with Crippen LogP contribution < -0.4 is 5.32 Å². The number of aliphatic carboxylic acids is 1. The summed E-state index contributed by atoms with van der Waals surface area (Å²) in [5.41, 5.74) is 0.770. The second kappa shape index (κ2) is 6.40. The van der Waals surface area contributed by atoms with Crippen molar-refractivity contribution in [3.05, 3.63) is 29.3 Å². The lowest BCUT2D eigenvalue weighted by atomic mass is 10.1. The number of fused-ring (bicyclic) bond motifs is 1. The van der Waals surface area contributed by atoms with E-state index in [-0.39, 0.29) is 30.0 Å². The van der Waals surface area contributed by atoms with Gasteiger partial charge in [0.25, 0.3) is 17.7 Å². The first-order valence-corrected chi connectivity index (χ1v) is 7.62. The minimum atomic E-state index is -1.09. The molecule has 0 bridgehead atoms. The van der Waals surface area contributed by atoms with E-state index in [0.29, 0.717) is 18.7 Å². The Kier molecular flexibility index (Phi) is 4.30. The maximum atomic E-state index is 12.3. The fourth-order valence-corrected chi connectivity index (χ4v) is 2.79. The molecule has 8 heteroatoms. The third-order valence-electron chi connectivity index (χ3n) is 4.01. The minimum absolute atomic E-state index is 0.163. The van der Waals surface area contributed by atoms with Crippen LogP contribution in [0.2, 0.25) is 0 Å². The molecule has 0 radical (unpaired) electrons. The Morgan fingerprint density at radius 3 is 2.67 bits per heavy atom. The van der Waals surface area contributed by atoms with Gasteiger partial charge in [0.15, 0.2) is 0 Å². The number of hydrogen-bond donors (Lipinski definition) is 2. The highest BCUT2D eigenvalue weighted by molar-refractivity contribution is 6.22. The molecular weight excluding hydrogens is 316 g/mol. The molecule has 3 rings (SSSR count). The second-order valence-corrected chi connectivity index (χ2v) is 5.66. The first-order valence-electron chi connectivity index (χ1n) is 7.62. The highest BCUT2D eigenvalue weighted by Crippen LogP contribution is 2.26. The summed E-state index contributed by atoms with van der Waals surface area (Å²) < 4.78 is 5.29. The number of nitrogens with one attached hydrogen (secondary N) is 1. The number of rotatable bonds is 5. The fraction of sp³-hybridized carbons (Fsp3) is 0.375. The van der Waals surface area contributed by atoms with Gasteiger partial charge in [0.05, 0.1) is 17.5 Å². The monoisotopic (exact) mass is 332 g/mol. The van der Waals surface area contributed by atoms with Crippen LogP contribution in [0, 0.1) is 0 Å². The zero-order valence-corrected chi connectivity index (χ0v) is 12.8. The lowest BCUT2D eigenvalue weighted by molar-refractivity contribution is -0.137. The van der Waals surface area contributed by atoms with E-state index in [4.69, 9.17) is 9.84 Å². The Bertz CT molecular complexity index is 723. The van der Waals surface area contributed by atoms with Crippen molar-refractivity contribution >= 4 is 29.4 Å². The number of hydrogen-bond acceptors (Lipinski definition) is 5. The Morgan fingerprint density at radius 1 is 1.25 bits per heavy atom. The quantitative estimate of drug-likeness (QED) is 0.774. The van der Waals surface area contributed by atoms with E-state index >= 15 is 0 Å². The van der Waals surface area contributed by atoms with E-state index in [0.717, 1.165) is 11.3 Å². The highest BCUT2D eigenvalue weighted by atomic mass is 16.5. The van der Waals surface area contributed by atoms with Gasteiger partial charge in [0, 0.05) is 18.8 Å². The second-order valence-electron chi connectivity index (χ2n) is 5.66. The van der Waals surface area contributed by atoms with Crippen molar-refractivity contribution in [2.24, 2.45) is 0 Å². The molecule has 0 aromatic heterocycles. The van der Waals surface area contributed by atoms with Crippen LogP contribution in [0.25, 0.3) is 0 Å². The van der Waals surface area contributed by atoms with Crippen LogP contribution in [0.5, 0.6) is 0 Å². The molecule has 1 aromatic rings. The largest absolute Gasteiger partial charge is 0.481 e. The molecule has 1 unspecified atom stereocenters. The van der Waals surface area contributed by atoms with Gasteiger partial charge in [0.1, 0.15) is 6.10 Å². The number of carbonyl (C=O) groups is 4. The van der Waals surface area contributed by atoms with E-state index in [9.17, 15) is 19.2 Å². The van der Waals surface area contributed by atoms with Gasteiger partial charge >= 0.3 is 5.97 Å². The summed E-state index contributed by atoms with van der Waals surface area (Å²) in [5, 5.41) is 11.4. The van der Waals surface area contributed by atoms with Crippen LogP contribution in [0.4, 0.5) is 5.69 Å². The van der Waals surface area contributed by atoms with Gasteiger partial charge in [0.2, 0.25) is 0 Å². The van der Waals surface area contributed by atoms with Gasteiger partial charge in [-0.2, -0.15) is 0 Å². The predicted molar refractivity (Wildman–Crippen MR) is 81.7 cm³/mol. The zero-order valence-electron chi connectivity index (χ0n) is 12.8. The first-order chi connectivity index (χ1) is 11.5. The molecule has 1 fully saturated rings. The van der Waals surface area contributed by atoms with E-state index in [1.54, 1.807) is 0 Å². The molecule has 2 aliphatic rings. The third-order valence-corrected chi connectivity index (χ3v) is 4.01. The standard InChI is InChI=1S/C16H16N2O6/c19-13(20)5-6-18-15(22)10-4-3-9(8-11(10)16(18)23)17-14(21)12-2-1-7-24-12/h3-4,8,12H,1-2,5-7H2,(H,17,21)(H,19,20). The number of anilines is 1. The number of carbonyl (C=O) groups excluding carboxylic acids is 3. The van der Waals surface area contributed by atoms with Gasteiger partial charge in [-0.15, -0.1) is 0 Å². The van der Waals surface area contributed by atoms with Crippen LogP contribution in [0.15, 0.2) is 18.2 Å². The van der Waals surface area contributed by atoms with Crippen molar-refractivity contribution in [3.63, 3.8) is 0 Å². The Balaban J connectivity index is 1.75. The lowest BCUT2D eigenvalue weighted by Gasteiger charge is -2.11. The van der Waals surface area contributed by atoms with Crippen LogP contribution in [-0.2, 0) is 14.3 Å². The van der Waals surface area contributed by atoms with Crippen LogP contribution in [-0.4, -0.2) is 53.0 Å². The first kappa shape index (κ1) is 16.1. The maximum Gasteiger partial charge on any atom is 0.305 e. The summed E-state index contributed by atoms with van der Waals surface area (Å²) in [4.78, 5) is 48.0. The summed E-state index contributed by atoms with van der Waals surface area (Å²) >= 11 is 0. The minimum Gasteiger partial charge on any atom is -0.481 e. The van der Waals surface area contributed by atoms with Gasteiger partial charge in [-0.25, -0.2) is 0 Å². The molecule has 2 N–H and O–H groups in total. The topological polar surface area (TPSA) is 113 Å². The van der Waals surface area contributed by atoms with Gasteiger partial charge in [-0.1, -0.05) is 0 Å². The van der Waals surface area contributed by atoms with Crippen LogP contribution in [0.1, 0.15) is 40.0 Å². The Hall–Kier alpha value is -2.74. The summed E-state index contributed by atoms with van der Waals surface area (Å²) in [6.45, 7) is 0.368. The molecule has 2 heterocycles. The Labute approximate surface area is 137 Å². The molecule has 0 saturated carbocycles. The third kappa shape index (κ3) is 3.00. The Morgan fingerprint density at radius 2 is 2.00 bits per heavy atom. The number of ether oxygens (including phenoxy) is 1. The number of nitrogens with zero attached hydrogens (tertiary/aromatic N) is 1. The van der Waals surface area contributed by atoms with E-state index in [1.165, 1.54) is 18.2 Å². The van der Waals surface area contributed by atoms with Crippen molar-refractivity contribution in [2.75, 3.05) is 18.5 Å². The average molecular weight is 332 g/mol. The summed E-state index contributed by atoms with van der Waals surface area (Å²) in [5.74, 6) is -2.44. The fourth-order valence-electron chi connectivity index (χ4n) is 2.79. The molecule has 3 amide bonds. The molecule has 8 nitrogen and oxygen atoms in total. The summed E-state index contributed by atoms with van der Waals surface area (Å²) in [7, 11) is 0. The molecule has 24 heavy (non-hydrogen) atoms. The van der Waals surface area contributed by atoms with Crippen molar-refractivity contribution in [3.8, 4) is 0 Å². The van der Waals surface area contributed by atoms with Gasteiger partial charge < -0.3 is 15.2 Å². The molecule has 1 saturated heterocycles. The molecular formula is C16H16N2O6. The van der Waals surface area contributed by atoms with E-state index < -0.39 is 23.9 Å². The summed E-state index contributed by atoms with van der Waals surface area (Å²) in [6, 6.07) is 4.43. The number of benzene rings is 1.